The standard InChI is InChI=1S/C9H4ClF4N3O.Na/c10-3-1-4-5(15-2-3)16-8(17-6(4)18)9(13,14)7(11)12;/h1-2,7H,(H,15,16,17,18);/q;+1. The minimum absolute atomic E-state index is 0. The normalized spacial score (nSPS) is 11.7. The van der Waals surface area contributed by atoms with Gasteiger partial charge in [0, 0.05) is 6.20 Å². The van der Waals surface area contributed by atoms with Crippen molar-refractivity contribution in [3.05, 3.63) is 33.5 Å². The van der Waals surface area contributed by atoms with Crippen LogP contribution in [0, 0.1) is 0 Å². The van der Waals surface area contributed by atoms with E-state index in [1.54, 1.807) is 4.98 Å². The summed E-state index contributed by atoms with van der Waals surface area (Å²) >= 11 is 5.56. The Kier molecular flexibility index (Phi) is 4.94. The number of H-pyrrole nitrogens is 1. The van der Waals surface area contributed by atoms with Crippen LogP contribution in [0.4, 0.5) is 17.6 Å². The van der Waals surface area contributed by atoms with Crippen molar-refractivity contribution in [1.82, 2.24) is 15.0 Å². The topological polar surface area (TPSA) is 58.6 Å². The third-order valence-corrected chi connectivity index (χ3v) is 2.32. The molecule has 19 heavy (non-hydrogen) atoms. The third-order valence-electron chi connectivity index (χ3n) is 2.12. The van der Waals surface area contributed by atoms with Gasteiger partial charge in [0.15, 0.2) is 11.5 Å². The van der Waals surface area contributed by atoms with Crippen LogP contribution in [0.5, 0.6) is 0 Å². The maximum atomic E-state index is 13.0. The molecule has 1 N–H and O–H groups in total. The van der Waals surface area contributed by atoms with E-state index in [0.717, 1.165) is 12.3 Å². The summed E-state index contributed by atoms with van der Waals surface area (Å²) < 4.78 is 50.3. The first kappa shape index (κ1) is 16.4. The molecule has 0 saturated heterocycles. The molecule has 96 valence electrons. The van der Waals surface area contributed by atoms with Gasteiger partial charge in [-0.1, -0.05) is 11.6 Å². The van der Waals surface area contributed by atoms with Gasteiger partial charge in [0.25, 0.3) is 5.56 Å². The van der Waals surface area contributed by atoms with E-state index in [0.29, 0.717) is 0 Å². The van der Waals surface area contributed by atoms with Crippen LogP contribution in [0.3, 0.4) is 0 Å². The molecule has 0 unspecified atom stereocenters. The minimum atomic E-state index is -4.55. The Morgan fingerprint density at radius 2 is 2.00 bits per heavy atom. The fourth-order valence-electron chi connectivity index (χ4n) is 1.26. The van der Waals surface area contributed by atoms with Gasteiger partial charge in [0.05, 0.1) is 10.4 Å². The predicted octanol–water partition coefficient (Wildman–Crippen LogP) is -0.668. The van der Waals surface area contributed by atoms with Gasteiger partial charge in [-0.15, -0.1) is 0 Å². The van der Waals surface area contributed by atoms with E-state index in [4.69, 9.17) is 11.6 Å². The van der Waals surface area contributed by atoms with Crippen LogP contribution in [0.2, 0.25) is 5.02 Å². The van der Waals surface area contributed by atoms with Gasteiger partial charge in [-0.05, 0) is 6.07 Å². The molecule has 2 heterocycles. The Bertz CT molecular complexity index is 663. The van der Waals surface area contributed by atoms with Crippen LogP contribution >= 0.6 is 11.6 Å². The summed E-state index contributed by atoms with van der Waals surface area (Å²) in [5, 5.41) is -0.0560. The van der Waals surface area contributed by atoms with E-state index in [-0.39, 0.29) is 45.6 Å². The number of pyridine rings is 1. The van der Waals surface area contributed by atoms with Crippen molar-refractivity contribution in [2.45, 2.75) is 12.3 Å². The fourth-order valence-corrected chi connectivity index (χ4v) is 1.42. The van der Waals surface area contributed by atoms with Gasteiger partial charge in [0.1, 0.15) is 0 Å². The molecule has 0 aliphatic heterocycles. The van der Waals surface area contributed by atoms with Gasteiger partial charge in [0.2, 0.25) is 0 Å². The van der Waals surface area contributed by atoms with Crippen molar-refractivity contribution in [3.63, 3.8) is 0 Å². The summed E-state index contributed by atoms with van der Waals surface area (Å²) in [5.74, 6) is -5.97. The molecule has 0 saturated carbocycles. The zero-order valence-corrected chi connectivity index (χ0v) is 12.2. The van der Waals surface area contributed by atoms with Crippen LogP contribution in [-0.2, 0) is 5.92 Å². The number of halogens is 5. The largest absolute Gasteiger partial charge is 1.00 e. The molecule has 0 aliphatic carbocycles. The number of nitrogens with zero attached hydrogens (tertiary/aromatic N) is 2. The molecule has 4 nitrogen and oxygen atoms in total. The molecular weight excluding hydrogens is 301 g/mol. The smallest absolute Gasteiger partial charge is 0.305 e. The van der Waals surface area contributed by atoms with Crippen molar-refractivity contribution in [2.24, 2.45) is 0 Å². The first-order chi connectivity index (χ1) is 8.32. The second-order valence-electron chi connectivity index (χ2n) is 3.36. The summed E-state index contributed by atoms with van der Waals surface area (Å²) in [4.78, 5) is 19.8. The zero-order chi connectivity index (χ0) is 13.5. The molecule has 2 aromatic heterocycles. The second kappa shape index (κ2) is 5.74. The summed E-state index contributed by atoms with van der Waals surface area (Å²) in [6.07, 6.45) is -2.91. The minimum Gasteiger partial charge on any atom is -0.305 e. The van der Waals surface area contributed by atoms with Crippen LogP contribution in [-0.4, -0.2) is 21.4 Å². The Balaban J connectivity index is 0.00000180. The van der Waals surface area contributed by atoms with Crippen LogP contribution in [0.15, 0.2) is 17.1 Å². The van der Waals surface area contributed by atoms with Crippen LogP contribution in [0.1, 0.15) is 5.82 Å². The molecule has 0 fully saturated rings. The molecule has 0 bridgehead atoms. The van der Waals surface area contributed by atoms with E-state index in [1.165, 1.54) is 0 Å². The number of hydrogen-bond donors (Lipinski definition) is 1. The third kappa shape index (κ3) is 3.07. The maximum absolute atomic E-state index is 13.0. The van der Waals surface area contributed by atoms with Crippen LogP contribution < -0.4 is 35.1 Å². The molecule has 2 aromatic rings. The second-order valence-corrected chi connectivity index (χ2v) is 3.80. The van der Waals surface area contributed by atoms with E-state index in [1.807, 2.05) is 0 Å². The number of hydrogen-bond acceptors (Lipinski definition) is 3. The van der Waals surface area contributed by atoms with Crippen molar-refractivity contribution >= 4 is 22.6 Å². The van der Waals surface area contributed by atoms with E-state index in [2.05, 4.69) is 9.97 Å². The molecule has 0 spiro atoms. The van der Waals surface area contributed by atoms with Crippen molar-refractivity contribution in [1.29, 1.82) is 0 Å². The summed E-state index contributed by atoms with van der Waals surface area (Å²) in [5.41, 5.74) is -1.39. The predicted molar refractivity (Wildman–Crippen MR) is 55.1 cm³/mol. The Morgan fingerprint density at radius 3 is 2.58 bits per heavy atom. The summed E-state index contributed by atoms with van der Waals surface area (Å²) in [7, 11) is 0. The van der Waals surface area contributed by atoms with Crippen molar-refractivity contribution < 1.29 is 47.1 Å². The zero-order valence-electron chi connectivity index (χ0n) is 9.42. The van der Waals surface area contributed by atoms with Gasteiger partial charge in [-0.2, -0.15) is 8.78 Å². The fraction of sp³-hybridized carbons (Fsp3) is 0.222. The molecule has 0 amide bonds. The van der Waals surface area contributed by atoms with Gasteiger partial charge >= 0.3 is 41.9 Å². The SMILES string of the molecule is O=c1[nH]c(C(F)(F)C(F)F)nc2ncc(Cl)cc12.[Na+]. The number of alkyl halides is 4. The number of nitrogens with one attached hydrogen (secondary N) is 1. The van der Waals surface area contributed by atoms with E-state index in [9.17, 15) is 22.4 Å². The quantitative estimate of drug-likeness (QED) is 0.591. The van der Waals surface area contributed by atoms with E-state index >= 15 is 0 Å². The molecule has 10 heteroatoms. The van der Waals surface area contributed by atoms with Crippen molar-refractivity contribution in [2.75, 3.05) is 0 Å². The van der Waals surface area contributed by atoms with Gasteiger partial charge < -0.3 is 4.98 Å². The first-order valence-electron chi connectivity index (χ1n) is 4.54. The first-order valence-corrected chi connectivity index (χ1v) is 4.92. The molecule has 2 rings (SSSR count). The van der Waals surface area contributed by atoms with Gasteiger partial charge in [-0.25, -0.2) is 18.7 Å². The van der Waals surface area contributed by atoms with Crippen molar-refractivity contribution in [3.8, 4) is 0 Å². The average molecular weight is 305 g/mol. The van der Waals surface area contributed by atoms with E-state index < -0.39 is 23.7 Å². The van der Waals surface area contributed by atoms with Gasteiger partial charge in [-0.3, -0.25) is 4.79 Å². The Labute approximate surface area is 130 Å². The number of fused-ring (bicyclic) bond motifs is 1. The summed E-state index contributed by atoms with van der Waals surface area (Å²) in [6, 6.07) is 1.15. The maximum Gasteiger partial charge on any atom is 1.00 e. The monoisotopic (exact) mass is 304 g/mol. The average Bonchev–Trinajstić information content (AvgIpc) is 2.29. The number of aromatic amines is 1. The number of aromatic nitrogens is 3. The number of rotatable bonds is 2. The molecule has 0 aliphatic rings. The molecule has 0 radical (unpaired) electrons. The van der Waals surface area contributed by atoms with Crippen LogP contribution in [0.25, 0.3) is 11.0 Å². The Hall–Kier alpha value is -0.700. The summed E-state index contributed by atoms with van der Waals surface area (Å²) in [6.45, 7) is 0. The molecular formula is C9H4ClF4N3NaO+. The Morgan fingerprint density at radius 1 is 1.37 bits per heavy atom. The molecule has 0 atom stereocenters. The molecule has 0 aromatic carbocycles.